The monoisotopic (exact) mass is 541 g/mol. The summed E-state index contributed by atoms with van der Waals surface area (Å²) in [5.41, 5.74) is 3.61. The van der Waals surface area contributed by atoms with Crippen molar-refractivity contribution < 1.29 is 19.1 Å². The molecule has 0 bridgehead atoms. The first kappa shape index (κ1) is 27.4. The van der Waals surface area contributed by atoms with E-state index in [4.69, 9.17) is 16.0 Å². The van der Waals surface area contributed by atoms with Crippen molar-refractivity contribution in [1.29, 1.82) is 0 Å². The van der Waals surface area contributed by atoms with Gasteiger partial charge in [-0.25, -0.2) is 9.78 Å². The largest absolute Gasteiger partial charge is 0.465 e. The first-order chi connectivity index (χ1) is 17.4. The predicted molar refractivity (Wildman–Crippen MR) is 150 cm³/mol. The number of piperidine rings is 1. The first-order valence-electron chi connectivity index (χ1n) is 12.8. The Hall–Kier alpha value is -2.68. The van der Waals surface area contributed by atoms with E-state index in [9.17, 15) is 14.7 Å². The molecule has 0 radical (unpaired) electrons. The molecule has 1 aromatic heterocycles. The summed E-state index contributed by atoms with van der Waals surface area (Å²) in [6.07, 6.45) is 1.98. The average Bonchev–Trinajstić information content (AvgIpc) is 3.21. The summed E-state index contributed by atoms with van der Waals surface area (Å²) in [5, 5.41) is 10.5. The van der Waals surface area contributed by atoms with Gasteiger partial charge in [-0.2, -0.15) is 0 Å². The molecule has 2 atom stereocenters. The number of likely N-dealkylation sites (tertiary alicyclic amines) is 1. The molecule has 1 fully saturated rings. The van der Waals surface area contributed by atoms with Gasteiger partial charge in [-0.1, -0.05) is 50.6 Å². The third-order valence-corrected chi connectivity index (χ3v) is 12.5. The van der Waals surface area contributed by atoms with Gasteiger partial charge in [-0.3, -0.25) is 4.79 Å². The summed E-state index contributed by atoms with van der Waals surface area (Å²) in [4.78, 5) is 31.3. The van der Waals surface area contributed by atoms with Crippen molar-refractivity contribution in [3.05, 3.63) is 53.8 Å². The molecule has 0 aliphatic carbocycles. The summed E-state index contributed by atoms with van der Waals surface area (Å²) in [6, 6.07) is 13.1. The van der Waals surface area contributed by atoms with Crippen LogP contribution in [-0.2, 0) is 15.8 Å². The van der Waals surface area contributed by atoms with Crippen LogP contribution in [0.25, 0.3) is 22.2 Å². The normalized spacial score (nSPS) is 18.8. The molecule has 1 saturated heterocycles. The van der Waals surface area contributed by atoms with Crippen LogP contribution in [0.3, 0.4) is 0 Å². The van der Waals surface area contributed by atoms with Crippen LogP contribution < -0.4 is 0 Å². The number of ketones is 1. The van der Waals surface area contributed by atoms with Crippen LogP contribution in [0.1, 0.15) is 40.0 Å². The molecule has 198 valence electrons. The number of carbonyl (C=O) groups excluding carboxylic acids is 1. The van der Waals surface area contributed by atoms with Crippen LogP contribution in [0.15, 0.2) is 48.8 Å². The summed E-state index contributed by atoms with van der Waals surface area (Å²) in [6.45, 7) is 11.4. The second-order valence-electron chi connectivity index (χ2n) is 11.4. The highest BCUT2D eigenvalue weighted by atomic mass is 35.5. The van der Waals surface area contributed by atoms with Crippen molar-refractivity contribution in [2.75, 3.05) is 6.54 Å². The van der Waals surface area contributed by atoms with Crippen molar-refractivity contribution in [2.24, 2.45) is 0 Å². The highest BCUT2D eigenvalue weighted by molar-refractivity contribution is 6.74. The van der Waals surface area contributed by atoms with Crippen LogP contribution in [0.5, 0.6) is 0 Å². The standard InChI is InChI=1S/C28H36ClN3O4Si/c1-28(2,3)37(4,5)36-26-10-7-13-32(27(34)35)25(26)16-22(33)17-31-18-30-23-12-11-20(15-24(23)31)19-8-6-9-21(29)14-19/h6,8-9,11-12,14-15,18,25-26H,7,10,13,16-17H2,1-5H3,(H,34,35)/t25-,26+/m1/s1. The fraction of sp³-hybridized carbons (Fsp3) is 0.464. The maximum Gasteiger partial charge on any atom is 0.407 e. The lowest BCUT2D eigenvalue weighted by molar-refractivity contribution is -0.122. The number of benzene rings is 2. The third-order valence-electron chi connectivity index (χ3n) is 7.78. The number of amides is 1. The molecule has 2 heterocycles. The van der Waals surface area contributed by atoms with Gasteiger partial charge in [-0.05, 0) is 66.4 Å². The van der Waals surface area contributed by atoms with Crippen LogP contribution in [0, 0.1) is 0 Å². The van der Waals surface area contributed by atoms with Crippen LogP contribution in [0.2, 0.25) is 23.2 Å². The Morgan fingerprint density at radius 1 is 1.16 bits per heavy atom. The lowest BCUT2D eigenvalue weighted by atomic mass is 9.95. The van der Waals surface area contributed by atoms with E-state index in [0.29, 0.717) is 11.6 Å². The zero-order chi connectivity index (χ0) is 27.0. The Labute approximate surface area is 224 Å². The Bertz CT molecular complexity index is 1300. The number of nitrogens with zero attached hydrogens (tertiary/aromatic N) is 3. The fourth-order valence-corrected chi connectivity index (χ4v) is 6.29. The SMILES string of the molecule is CC(C)(C)[Si](C)(C)O[C@H]1CCCN(C(=O)O)[C@@H]1CC(=O)Cn1cnc2ccc(-c3cccc(Cl)c3)cc21. The van der Waals surface area contributed by atoms with Gasteiger partial charge in [-0.15, -0.1) is 0 Å². The second kappa shape index (κ2) is 10.6. The minimum atomic E-state index is -2.15. The van der Waals surface area contributed by atoms with Crippen molar-refractivity contribution >= 4 is 42.8 Å². The van der Waals surface area contributed by atoms with Crippen molar-refractivity contribution in [3.8, 4) is 11.1 Å². The summed E-state index contributed by atoms with van der Waals surface area (Å²) < 4.78 is 8.51. The molecule has 37 heavy (non-hydrogen) atoms. The van der Waals surface area contributed by atoms with E-state index in [-0.39, 0.29) is 29.9 Å². The fourth-order valence-electron chi connectivity index (χ4n) is 4.71. The Morgan fingerprint density at radius 2 is 1.89 bits per heavy atom. The number of hydrogen-bond donors (Lipinski definition) is 1. The highest BCUT2D eigenvalue weighted by Crippen LogP contribution is 2.39. The van der Waals surface area contributed by atoms with E-state index in [1.54, 1.807) is 6.33 Å². The number of carbonyl (C=O) groups is 2. The minimum Gasteiger partial charge on any atom is -0.465 e. The highest BCUT2D eigenvalue weighted by Gasteiger charge is 2.44. The third kappa shape index (κ3) is 6.08. The quantitative estimate of drug-likeness (QED) is 0.331. The molecule has 1 aliphatic heterocycles. The van der Waals surface area contributed by atoms with E-state index < -0.39 is 20.5 Å². The number of fused-ring (bicyclic) bond motifs is 1. The van der Waals surface area contributed by atoms with E-state index in [0.717, 1.165) is 35.0 Å². The second-order valence-corrected chi connectivity index (χ2v) is 16.6. The summed E-state index contributed by atoms with van der Waals surface area (Å²) >= 11 is 6.18. The molecule has 0 unspecified atom stereocenters. The number of hydrogen-bond acceptors (Lipinski definition) is 4. The molecule has 2 aromatic carbocycles. The maximum atomic E-state index is 13.4. The number of imidazole rings is 1. The van der Waals surface area contributed by atoms with Gasteiger partial charge in [0, 0.05) is 18.0 Å². The van der Waals surface area contributed by atoms with Gasteiger partial charge < -0.3 is 19.0 Å². The van der Waals surface area contributed by atoms with Gasteiger partial charge in [0.25, 0.3) is 0 Å². The molecule has 9 heteroatoms. The smallest absolute Gasteiger partial charge is 0.407 e. The van der Waals surface area contributed by atoms with Crippen LogP contribution >= 0.6 is 11.6 Å². The Kier molecular flexibility index (Phi) is 7.83. The zero-order valence-electron chi connectivity index (χ0n) is 22.2. The number of carboxylic acid groups (broad SMARTS) is 1. The number of rotatable bonds is 7. The maximum absolute atomic E-state index is 13.4. The van der Waals surface area contributed by atoms with Gasteiger partial charge in [0.1, 0.15) is 0 Å². The van der Waals surface area contributed by atoms with E-state index in [1.807, 2.05) is 47.0 Å². The summed E-state index contributed by atoms with van der Waals surface area (Å²) in [5.74, 6) is -0.0468. The van der Waals surface area contributed by atoms with Crippen molar-refractivity contribution in [1.82, 2.24) is 14.5 Å². The molecule has 3 aromatic rings. The summed E-state index contributed by atoms with van der Waals surface area (Å²) in [7, 11) is -2.15. The van der Waals surface area contributed by atoms with Gasteiger partial charge in [0.2, 0.25) is 0 Å². The first-order valence-corrected chi connectivity index (χ1v) is 16.0. The van der Waals surface area contributed by atoms with E-state index in [1.165, 1.54) is 4.90 Å². The molecule has 1 aliphatic rings. The lowest BCUT2D eigenvalue weighted by Crippen LogP contribution is -2.56. The molecule has 7 nitrogen and oxygen atoms in total. The van der Waals surface area contributed by atoms with Crippen LogP contribution in [-0.4, -0.2) is 58.4 Å². The predicted octanol–water partition coefficient (Wildman–Crippen LogP) is 6.85. The average molecular weight is 542 g/mol. The van der Waals surface area contributed by atoms with Gasteiger partial charge >= 0.3 is 6.09 Å². The number of Topliss-reactive ketones (excluding diaryl/α,β-unsaturated/α-hetero) is 1. The molecule has 1 amide bonds. The zero-order valence-corrected chi connectivity index (χ0v) is 24.0. The van der Waals surface area contributed by atoms with E-state index in [2.05, 4.69) is 38.8 Å². The van der Waals surface area contributed by atoms with Crippen molar-refractivity contribution in [2.45, 2.75) is 76.9 Å². The number of aromatic nitrogens is 2. The van der Waals surface area contributed by atoms with Gasteiger partial charge in [0.15, 0.2) is 14.1 Å². The molecular weight excluding hydrogens is 506 g/mol. The molecular formula is C28H36ClN3O4Si. The van der Waals surface area contributed by atoms with Crippen molar-refractivity contribution in [3.63, 3.8) is 0 Å². The van der Waals surface area contributed by atoms with Crippen LogP contribution in [0.4, 0.5) is 4.79 Å². The minimum absolute atomic E-state index is 0.0104. The lowest BCUT2D eigenvalue weighted by Gasteiger charge is -2.45. The Balaban J connectivity index is 1.56. The van der Waals surface area contributed by atoms with E-state index >= 15 is 0 Å². The molecule has 0 saturated carbocycles. The molecule has 1 N–H and O–H groups in total. The molecule has 4 rings (SSSR count). The number of halogens is 1. The topological polar surface area (TPSA) is 84.7 Å². The van der Waals surface area contributed by atoms with Gasteiger partial charge in [0.05, 0.1) is 36.1 Å². The molecule has 0 spiro atoms. The Morgan fingerprint density at radius 3 is 2.57 bits per heavy atom.